The Kier molecular flexibility index (Phi) is 5.62. The lowest BCUT2D eigenvalue weighted by Crippen LogP contribution is -2.41. The van der Waals surface area contributed by atoms with Crippen LogP contribution in [0.25, 0.3) is 0 Å². The predicted molar refractivity (Wildman–Crippen MR) is 70.8 cm³/mol. The standard InChI is InChI=1S/C12H24N2OS/c1-12(2,3)14-11(15)4-6-13-8-10-5-7-16-9-10/h10,13H,4-9H2,1-3H3,(H,14,15). The summed E-state index contributed by atoms with van der Waals surface area (Å²) in [5, 5.41) is 6.33. The molecule has 0 saturated carbocycles. The zero-order chi connectivity index (χ0) is 12.0. The van der Waals surface area contributed by atoms with Crippen molar-refractivity contribution in [2.75, 3.05) is 24.6 Å². The molecule has 1 fully saturated rings. The highest BCUT2D eigenvalue weighted by Gasteiger charge is 2.15. The summed E-state index contributed by atoms with van der Waals surface area (Å²) in [6, 6.07) is 0. The summed E-state index contributed by atoms with van der Waals surface area (Å²) in [7, 11) is 0. The van der Waals surface area contributed by atoms with Gasteiger partial charge in [0.15, 0.2) is 0 Å². The number of rotatable bonds is 5. The number of hydrogen-bond acceptors (Lipinski definition) is 3. The van der Waals surface area contributed by atoms with E-state index in [1.807, 2.05) is 32.5 Å². The molecule has 1 aliphatic rings. The molecule has 2 N–H and O–H groups in total. The van der Waals surface area contributed by atoms with E-state index < -0.39 is 0 Å². The second-order valence-electron chi connectivity index (χ2n) is 5.48. The van der Waals surface area contributed by atoms with Gasteiger partial charge in [0, 0.05) is 18.5 Å². The Hall–Kier alpha value is -0.220. The van der Waals surface area contributed by atoms with E-state index in [4.69, 9.17) is 0 Å². The van der Waals surface area contributed by atoms with Crippen LogP contribution in [0.5, 0.6) is 0 Å². The van der Waals surface area contributed by atoms with Crippen LogP contribution >= 0.6 is 11.8 Å². The fraction of sp³-hybridized carbons (Fsp3) is 0.917. The van der Waals surface area contributed by atoms with Crippen LogP contribution in [0.1, 0.15) is 33.6 Å². The molecule has 1 rings (SSSR count). The van der Waals surface area contributed by atoms with E-state index in [9.17, 15) is 4.79 Å². The minimum Gasteiger partial charge on any atom is -0.351 e. The van der Waals surface area contributed by atoms with Gasteiger partial charge in [0.25, 0.3) is 0 Å². The molecule has 0 radical (unpaired) electrons. The highest BCUT2D eigenvalue weighted by molar-refractivity contribution is 7.99. The molecule has 0 spiro atoms. The Balaban J connectivity index is 2.00. The van der Waals surface area contributed by atoms with Crippen molar-refractivity contribution in [3.05, 3.63) is 0 Å². The van der Waals surface area contributed by atoms with Crippen LogP contribution in [0.3, 0.4) is 0 Å². The predicted octanol–water partition coefficient (Wildman–Crippen LogP) is 1.63. The SMILES string of the molecule is CC(C)(C)NC(=O)CCNCC1CCSC1. The number of hydrogen-bond donors (Lipinski definition) is 2. The smallest absolute Gasteiger partial charge is 0.221 e. The molecule has 3 nitrogen and oxygen atoms in total. The third-order valence-corrected chi connectivity index (χ3v) is 3.73. The van der Waals surface area contributed by atoms with Gasteiger partial charge in [-0.3, -0.25) is 4.79 Å². The Morgan fingerprint density at radius 2 is 2.19 bits per heavy atom. The number of carbonyl (C=O) groups is 1. The van der Waals surface area contributed by atoms with Gasteiger partial charge >= 0.3 is 0 Å². The highest BCUT2D eigenvalue weighted by atomic mass is 32.2. The molecule has 16 heavy (non-hydrogen) atoms. The van der Waals surface area contributed by atoms with Crippen LogP contribution < -0.4 is 10.6 Å². The Morgan fingerprint density at radius 1 is 1.44 bits per heavy atom. The molecular weight excluding hydrogens is 220 g/mol. The number of nitrogens with one attached hydrogen (secondary N) is 2. The van der Waals surface area contributed by atoms with Crippen molar-refractivity contribution in [3.8, 4) is 0 Å². The third-order valence-electron chi connectivity index (χ3n) is 2.50. The lowest BCUT2D eigenvalue weighted by atomic mass is 10.1. The molecule has 0 aromatic heterocycles. The summed E-state index contributed by atoms with van der Waals surface area (Å²) < 4.78 is 0. The molecule has 4 heteroatoms. The Morgan fingerprint density at radius 3 is 2.75 bits per heavy atom. The zero-order valence-corrected chi connectivity index (χ0v) is 11.5. The van der Waals surface area contributed by atoms with Gasteiger partial charge < -0.3 is 10.6 Å². The first-order valence-corrected chi connectivity index (χ1v) is 7.22. The molecular formula is C12H24N2OS. The molecule has 1 amide bonds. The summed E-state index contributed by atoms with van der Waals surface area (Å²) in [5.74, 6) is 3.54. The van der Waals surface area contributed by atoms with Crippen LogP contribution in [0.15, 0.2) is 0 Å². The van der Waals surface area contributed by atoms with E-state index in [0.717, 1.165) is 19.0 Å². The average Bonchev–Trinajstić information content (AvgIpc) is 2.62. The summed E-state index contributed by atoms with van der Waals surface area (Å²) in [5.41, 5.74) is -0.112. The van der Waals surface area contributed by atoms with Gasteiger partial charge in [0.2, 0.25) is 5.91 Å². The van der Waals surface area contributed by atoms with Crippen molar-refractivity contribution in [1.82, 2.24) is 10.6 Å². The van der Waals surface area contributed by atoms with Gasteiger partial charge in [0.05, 0.1) is 0 Å². The van der Waals surface area contributed by atoms with Crippen molar-refractivity contribution in [2.24, 2.45) is 5.92 Å². The molecule has 1 saturated heterocycles. The van der Waals surface area contributed by atoms with Gasteiger partial charge in [0.1, 0.15) is 0 Å². The van der Waals surface area contributed by atoms with Crippen molar-refractivity contribution in [1.29, 1.82) is 0 Å². The van der Waals surface area contributed by atoms with Gasteiger partial charge in [-0.15, -0.1) is 0 Å². The van der Waals surface area contributed by atoms with E-state index in [-0.39, 0.29) is 11.4 Å². The molecule has 0 aromatic rings. The minimum absolute atomic E-state index is 0.112. The monoisotopic (exact) mass is 244 g/mol. The second-order valence-corrected chi connectivity index (χ2v) is 6.63. The maximum Gasteiger partial charge on any atom is 0.221 e. The summed E-state index contributed by atoms with van der Waals surface area (Å²) in [6.07, 6.45) is 1.91. The lowest BCUT2D eigenvalue weighted by Gasteiger charge is -2.20. The van der Waals surface area contributed by atoms with Crippen LogP contribution in [-0.4, -0.2) is 36.0 Å². The first-order valence-electron chi connectivity index (χ1n) is 6.07. The largest absolute Gasteiger partial charge is 0.351 e. The van der Waals surface area contributed by atoms with E-state index in [1.54, 1.807) is 0 Å². The first-order chi connectivity index (χ1) is 7.47. The zero-order valence-electron chi connectivity index (χ0n) is 10.6. The van der Waals surface area contributed by atoms with E-state index >= 15 is 0 Å². The van der Waals surface area contributed by atoms with Crippen LogP contribution in [0.2, 0.25) is 0 Å². The van der Waals surface area contributed by atoms with E-state index in [1.165, 1.54) is 17.9 Å². The molecule has 1 atom stereocenters. The first kappa shape index (κ1) is 13.8. The quantitative estimate of drug-likeness (QED) is 0.722. The van der Waals surface area contributed by atoms with Crippen LogP contribution in [-0.2, 0) is 4.79 Å². The van der Waals surface area contributed by atoms with Crippen molar-refractivity contribution >= 4 is 17.7 Å². The normalized spacial score (nSPS) is 21.1. The van der Waals surface area contributed by atoms with Gasteiger partial charge in [-0.2, -0.15) is 11.8 Å². The number of amides is 1. The Labute approximate surface area is 103 Å². The van der Waals surface area contributed by atoms with E-state index in [2.05, 4.69) is 10.6 Å². The van der Waals surface area contributed by atoms with Crippen molar-refractivity contribution in [2.45, 2.75) is 39.2 Å². The molecule has 94 valence electrons. The maximum absolute atomic E-state index is 11.5. The molecule has 1 heterocycles. The van der Waals surface area contributed by atoms with Crippen molar-refractivity contribution < 1.29 is 4.79 Å². The Bertz CT molecular complexity index is 220. The van der Waals surface area contributed by atoms with Gasteiger partial charge in [-0.25, -0.2) is 0 Å². The third kappa shape index (κ3) is 6.38. The lowest BCUT2D eigenvalue weighted by molar-refractivity contribution is -0.122. The number of thioether (sulfide) groups is 1. The maximum atomic E-state index is 11.5. The molecule has 0 aliphatic carbocycles. The molecule has 1 unspecified atom stereocenters. The van der Waals surface area contributed by atoms with Crippen molar-refractivity contribution in [3.63, 3.8) is 0 Å². The second kappa shape index (κ2) is 6.50. The molecule has 1 aliphatic heterocycles. The van der Waals surface area contributed by atoms with E-state index in [0.29, 0.717) is 6.42 Å². The fourth-order valence-corrected chi connectivity index (χ4v) is 3.02. The minimum atomic E-state index is -0.112. The average molecular weight is 244 g/mol. The highest BCUT2D eigenvalue weighted by Crippen LogP contribution is 2.22. The topological polar surface area (TPSA) is 41.1 Å². The van der Waals surface area contributed by atoms with Crippen LogP contribution in [0.4, 0.5) is 0 Å². The number of carbonyl (C=O) groups excluding carboxylic acids is 1. The summed E-state index contributed by atoms with van der Waals surface area (Å²) >= 11 is 2.04. The van der Waals surface area contributed by atoms with Gasteiger partial charge in [-0.1, -0.05) is 0 Å². The molecule has 0 aromatic carbocycles. The molecule has 0 bridgehead atoms. The summed E-state index contributed by atoms with van der Waals surface area (Å²) in [6.45, 7) is 7.88. The fourth-order valence-electron chi connectivity index (χ4n) is 1.73. The van der Waals surface area contributed by atoms with Crippen LogP contribution in [0, 0.1) is 5.92 Å². The summed E-state index contributed by atoms with van der Waals surface area (Å²) in [4.78, 5) is 11.5. The van der Waals surface area contributed by atoms with Gasteiger partial charge in [-0.05, 0) is 51.2 Å².